The summed E-state index contributed by atoms with van der Waals surface area (Å²) in [7, 11) is 0. The number of carbonyl (C=O) groups is 1. The number of aromatic nitrogens is 4. The average molecular weight is 372 g/mol. The highest BCUT2D eigenvalue weighted by Crippen LogP contribution is 2.22. The van der Waals surface area contributed by atoms with Crippen molar-refractivity contribution in [3.63, 3.8) is 0 Å². The van der Waals surface area contributed by atoms with Gasteiger partial charge in [0.1, 0.15) is 11.8 Å². The summed E-state index contributed by atoms with van der Waals surface area (Å²) in [5.74, 6) is 0.825. The minimum absolute atomic E-state index is 0.184. The number of ether oxygens (including phenoxy) is 1. The summed E-state index contributed by atoms with van der Waals surface area (Å²) in [6.45, 7) is 3.93. The zero-order chi connectivity index (χ0) is 18.5. The van der Waals surface area contributed by atoms with E-state index in [-0.39, 0.29) is 12.5 Å². The normalized spacial score (nSPS) is 11.8. The molecular formula is C18H18ClN5O2. The number of pyridine rings is 2. The summed E-state index contributed by atoms with van der Waals surface area (Å²) >= 11 is 5.84. The van der Waals surface area contributed by atoms with Crippen LogP contribution >= 0.6 is 11.6 Å². The zero-order valence-corrected chi connectivity index (χ0v) is 15.1. The van der Waals surface area contributed by atoms with Gasteiger partial charge >= 0.3 is 0 Å². The van der Waals surface area contributed by atoms with Gasteiger partial charge in [0.2, 0.25) is 11.8 Å². The molecule has 0 aliphatic rings. The number of hydrogen-bond donors (Lipinski definition) is 1. The quantitative estimate of drug-likeness (QED) is 0.718. The molecule has 0 unspecified atom stereocenters. The van der Waals surface area contributed by atoms with Crippen molar-refractivity contribution < 1.29 is 9.53 Å². The number of halogens is 1. The van der Waals surface area contributed by atoms with Crippen LogP contribution in [-0.4, -0.2) is 25.7 Å². The third-order valence-corrected chi connectivity index (χ3v) is 3.94. The summed E-state index contributed by atoms with van der Waals surface area (Å²) in [6, 6.07) is 6.84. The van der Waals surface area contributed by atoms with Gasteiger partial charge in [0.25, 0.3) is 0 Å². The topological polar surface area (TPSA) is 81.9 Å². The van der Waals surface area contributed by atoms with E-state index in [1.165, 1.54) is 10.9 Å². The van der Waals surface area contributed by atoms with Crippen LogP contribution in [0.2, 0.25) is 5.02 Å². The molecule has 0 radical (unpaired) electrons. The Morgan fingerprint density at radius 2 is 2.15 bits per heavy atom. The van der Waals surface area contributed by atoms with Crippen LogP contribution in [0.1, 0.15) is 24.2 Å². The number of aryl methyl sites for hydroxylation is 1. The molecule has 134 valence electrons. The molecule has 0 bridgehead atoms. The molecule has 0 aliphatic carbocycles. The predicted molar refractivity (Wildman–Crippen MR) is 97.1 cm³/mol. The molecule has 0 saturated carbocycles. The van der Waals surface area contributed by atoms with Crippen molar-refractivity contribution >= 4 is 17.5 Å². The van der Waals surface area contributed by atoms with Gasteiger partial charge in [0, 0.05) is 30.2 Å². The van der Waals surface area contributed by atoms with Crippen LogP contribution in [0.5, 0.6) is 11.6 Å². The van der Waals surface area contributed by atoms with Gasteiger partial charge in [-0.05, 0) is 32.0 Å². The minimum Gasteiger partial charge on any atom is -0.437 e. The highest BCUT2D eigenvalue weighted by Gasteiger charge is 2.16. The van der Waals surface area contributed by atoms with Crippen LogP contribution in [0.15, 0.2) is 49.1 Å². The number of carbonyl (C=O) groups excluding carboxylic acids is 1. The lowest BCUT2D eigenvalue weighted by molar-refractivity contribution is -0.124. The lowest BCUT2D eigenvalue weighted by atomic mass is 10.2. The van der Waals surface area contributed by atoms with Crippen LogP contribution in [-0.2, 0) is 11.3 Å². The van der Waals surface area contributed by atoms with Gasteiger partial charge < -0.3 is 10.1 Å². The third-order valence-electron chi connectivity index (χ3n) is 3.75. The van der Waals surface area contributed by atoms with Gasteiger partial charge in [0.15, 0.2) is 0 Å². The minimum atomic E-state index is -0.482. The van der Waals surface area contributed by atoms with E-state index in [9.17, 15) is 4.79 Å². The van der Waals surface area contributed by atoms with Crippen molar-refractivity contribution in [1.29, 1.82) is 0 Å². The Labute approximate surface area is 156 Å². The fourth-order valence-corrected chi connectivity index (χ4v) is 2.40. The maximum atomic E-state index is 12.3. The van der Waals surface area contributed by atoms with E-state index in [0.29, 0.717) is 16.7 Å². The summed E-state index contributed by atoms with van der Waals surface area (Å²) in [5, 5.41) is 7.40. The van der Waals surface area contributed by atoms with Crippen molar-refractivity contribution in [3.8, 4) is 11.6 Å². The molecule has 0 saturated heterocycles. The van der Waals surface area contributed by atoms with Crippen molar-refractivity contribution in [3.05, 3.63) is 65.3 Å². The lowest BCUT2D eigenvalue weighted by Gasteiger charge is -2.14. The van der Waals surface area contributed by atoms with Crippen LogP contribution in [0, 0.1) is 6.92 Å². The van der Waals surface area contributed by atoms with E-state index in [0.717, 1.165) is 11.3 Å². The van der Waals surface area contributed by atoms with E-state index < -0.39 is 6.04 Å². The molecule has 0 aromatic carbocycles. The smallest absolute Gasteiger partial charge is 0.244 e. The predicted octanol–water partition coefficient (Wildman–Crippen LogP) is 3.30. The van der Waals surface area contributed by atoms with Gasteiger partial charge in [-0.15, -0.1) is 0 Å². The maximum absolute atomic E-state index is 12.3. The average Bonchev–Trinajstić information content (AvgIpc) is 3.08. The molecule has 1 amide bonds. The van der Waals surface area contributed by atoms with E-state index in [2.05, 4.69) is 20.4 Å². The number of nitrogens with zero attached hydrogens (tertiary/aromatic N) is 4. The SMILES string of the molecule is Cc1ccc(Oc2ncccc2CNC(=O)[C@H](C)n2cc(Cl)cn2)cn1. The van der Waals surface area contributed by atoms with E-state index in [1.807, 2.05) is 25.1 Å². The first-order valence-electron chi connectivity index (χ1n) is 8.04. The number of nitrogens with one attached hydrogen (secondary N) is 1. The Balaban J connectivity index is 1.66. The van der Waals surface area contributed by atoms with Crippen molar-refractivity contribution in [1.82, 2.24) is 25.1 Å². The molecule has 3 rings (SSSR count). The molecule has 0 fully saturated rings. The third kappa shape index (κ3) is 4.37. The number of amides is 1. The molecular weight excluding hydrogens is 354 g/mol. The number of rotatable bonds is 6. The molecule has 3 heterocycles. The molecule has 26 heavy (non-hydrogen) atoms. The first-order valence-corrected chi connectivity index (χ1v) is 8.42. The van der Waals surface area contributed by atoms with Gasteiger partial charge in [-0.2, -0.15) is 5.10 Å². The zero-order valence-electron chi connectivity index (χ0n) is 14.4. The van der Waals surface area contributed by atoms with Gasteiger partial charge in [0.05, 0.1) is 17.4 Å². The monoisotopic (exact) mass is 371 g/mol. The van der Waals surface area contributed by atoms with Crippen molar-refractivity contribution in [2.45, 2.75) is 26.4 Å². The van der Waals surface area contributed by atoms with Crippen LogP contribution < -0.4 is 10.1 Å². The summed E-state index contributed by atoms with van der Waals surface area (Å²) < 4.78 is 7.30. The summed E-state index contributed by atoms with van der Waals surface area (Å²) in [6.07, 6.45) is 6.37. The molecule has 1 atom stereocenters. The Morgan fingerprint density at radius 3 is 2.85 bits per heavy atom. The van der Waals surface area contributed by atoms with Crippen molar-refractivity contribution in [2.75, 3.05) is 0 Å². The Morgan fingerprint density at radius 1 is 1.31 bits per heavy atom. The van der Waals surface area contributed by atoms with Gasteiger partial charge in [-0.1, -0.05) is 17.7 Å². The fourth-order valence-electron chi connectivity index (χ4n) is 2.25. The summed E-state index contributed by atoms with van der Waals surface area (Å²) in [5.41, 5.74) is 1.66. The van der Waals surface area contributed by atoms with Gasteiger partial charge in [-0.3, -0.25) is 14.5 Å². The summed E-state index contributed by atoms with van der Waals surface area (Å²) in [4.78, 5) is 20.8. The molecule has 0 spiro atoms. The molecule has 7 nitrogen and oxygen atoms in total. The maximum Gasteiger partial charge on any atom is 0.244 e. The van der Waals surface area contributed by atoms with E-state index >= 15 is 0 Å². The molecule has 3 aromatic heterocycles. The molecule has 1 N–H and O–H groups in total. The second-order valence-corrected chi connectivity index (χ2v) is 6.17. The first kappa shape index (κ1) is 17.9. The lowest BCUT2D eigenvalue weighted by Crippen LogP contribution is -2.31. The van der Waals surface area contributed by atoms with Gasteiger partial charge in [-0.25, -0.2) is 4.98 Å². The van der Waals surface area contributed by atoms with E-state index in [4.69, 9.17) is 16.3 Å². The standard InChI is InChI=1S/C18H18ClN5O2/c1-12-5-6-16(10-21-12)26-18-14(4-3-7-20-18)8-22-17(25)13(2)24-11-15(19)9-23-24/h3-7,9-11,13H,8H2,1-2H3,(H,22,25)/t13-/m0/s1. The fraction of sp³-hybridized carbons (Fsp3) is 0.222. The van der Waals surface area contributed by atoms with E-state index in [1.54, 1.807) is 31.6 Å². The van der Waals surface area contributed by atoms with Crippen molar-refractivity contribution in [2.24, 2.45) is 0 Å². The molecule has 0 aliphatic heterocycles. The largest absolute Gasteiger partial charge is 0.437 e. The Bertz CT molecular complexity index is 895. The molecule has 3 aromatic rings. The highest BCUT2D eigenvalue weighted by atomic mass is 35.5. The first-order chi connectivity index (χ1) is 12.5. The van der Waals surface area contributed by atoms with Crippen LogP contribution in [0.25, 0.3) is 0 Å². The number of hydrogen-bond acceptors (Lipinski definition) is 5. The second-order valence-electron chi connectivity index (χ2n) is 5.74. The second kappa shape index (κ2) is 7.97. The Kier molecular flexibility index (Phi) is 5.48. The van der Waals surface area contributed by atoms with Crippen LogP contribution in [0.4, 0.5) is 0 Å². The molecule has 8 heteroatoms. The van der Waals surface area contributed by atoms with Crippen LogP contribution in [0.3, 0.4) is 0 Å². The Hall–Kier alpha value is -2.93. The highest BCUT2D eigenvalue weighted by molar-refractivity contribution is 6.30.